The zero-order chi connectivity index (χ0) is 14.3. The number of hydrogen-bond donors (Lipinski definition) is 1. The number of aromatic hydroxyl groups is 1. The van der Waals surface area contributed by atoms with Crippen LogP contribution >= 0.6 is 0 Å². The van der Waals surface area contributed by atoms with E-state index in [1.54, 1.807) is 11.6 Å². The molecule has 0 atom stereocenters. The molecule has 0 aliphatic heterocycles. The molecule has 0 fully saturated rings. The SMILES string of the molecule is Cc1cc(C)c2c(=O)n(C)c(CN(C)C)nc2c1O. The number of phenolic OH excluding ortho intramolecular Hbond substituents is 1. The Balaban J connectivity index is 2.89. The molecule has 0 aliphatic rings. The highest BCUT2D eigenvalue weighted by Gasteiger charge is 2.15. The highest BCUT2D eigenvalue weighted by Crippen LogP contribution is 2.27. The Morgan fingerprint density at radius 2 is 1.95 bits per heavy atom. The molecule has 0 saturated heterocycles. The Kier molecular flexibility index (Phi) is 3.32. The largest absolute Gasteiger partial charge is 0.505 e. The summed E-state index contributed by atoms with van der Waals surface area (Å²) >= 11 is 0. The van der Waals surface area contributed by atoms with E-state index >= 15 is 0 Å². The molecular formula is C14H19N3O2. The number of rotatable bonds is 2. The molecule has 1 N–H and O–H groups in total. The molecule has 1 aromatic carbocycles. The van der Waals surface area contributed by atoms with Crippen molar-refractivity contribution in [3.05, 3.63) is 33.4 Å². The van der Waals surface area contributed by atoms with Crippen LogP contribution in [-0.4, -0.2) is 33.7 Å². The number of aromatic nitrogens is 2. The highest BCUT2D eigenvalue weighted by molar-refractivity contribution is 5.87. The lowest BCUT2D eigenvalue weighted by molar-refractivity contribution is 0.381. The van der Waals surface area contributed by atoms with E-state index < -0.39 is 0 Å². The van der Waals surface area contributed by atoms with Crippen LogP contribution in [0.2, 0.25) is 0 Å². The van der Waals surface area contributed by atoms with Gasteiger partial charge in [-0.1, -0.05) is 6.07 Å². The molecule has 2 rings (SSSR count). The molecule has 0 radical (unpaired) electrons. The normalized spacial score (nSPS) is 11.5. The van der Waals surface area contributed by atoms with Gasteiger partial charge in [0, 0.05) is 7.05 Å². The number of nitrogens with zero attached hydrogens (tertiary/aromatic N) is 3. The molecular weight excluding hydrogens is 242 g/mol. The topological polar surface area (TPSA) is 58.4 Å². The van der Waals surface area contributed by atoms with E-state index in [0.29, 0.717) is 23.3 Å². The van der Waals surface area contributed by atoms with Gasteiger partial charge >= 0.3 is 0 Å². The van der Waals surface area contributed by atoms with Gasteiger partial charge in [-0.15, -0.1) is 0 Å². The van der Waals surface area contributed by atoms with Gasteiger partial charge in [0.2, 0.25) is 0 Å². The molecule has 0 saturated carbocycles. The smallest absolute Gasteiger partial charge is 0.261 e. The molecule has 0 amide bonds. The van der Waals surface area contributed by atoms with Crippen molar-refractivity contribution in [3.8, 4) is 5.75 Å². The summed E-state index contributed by atoms with van der Waals surface area (Å²) in [7, 11) is 5.54. The molecule has 5 heteroatoms. The third kappa shape index (κ3) is 2.21. The average molecular weight is 261 g/mol. The maximum absolute atomic E-state index is 12.4. The van der Waals surface area contributed by atoms with Gasteiger partial charge in [-0.05, 0) is 39.1 Å². The fourth-order valence-corrected chi connectivity index (χ4v) is 2.25. The summed E-state index contributed by atoms with van der Waals surface area (Å²) in [5.41, 5.74) is 1.86. The Morgan fingerprint density at radius 3 is 2.53 bits per heavy atom. The van der Waals surface area contributed by atoms with Crippen LogP contribution in [0.5, 0.6) is 5.75 Å². The predicted octanol–water partition coefficient (Wildman–Crippen LogP) is 1.32. The van der Waals surface area contributed by atoms with Gasteiger partial charge in [0.25, 0.3) is 5.56 Å². The Bertz CT molecular complexity index is 702. The second-order valence-corrected chi connectivity index (χ2v) is 5.21. The van der Waals surface area contributed by atoms with Gasteiger partial charge in [-0.2, -0.15) is 0 Å². The fourth-order valence-electron chi connectivity index (χ4n) is 2.25. The van der Waals surface area contributed by atoms with Crippen molar-refractivity contribution in [2.45, 2.75) is 20.4 Å². The van der Waals surface area contributed by atoms with Gasteiger partial charge in [0.05, 0.1) is 11.9 Å². The van der Waals surface area contributed by atoms with Crippen LogP contribution in [0.4, 0.5) is 0 Å². The van der Waals surface area contributed by atoms with Crippen molar-refractivity contribution >= 4 is 10.9 Å². The first-order valence-corrected chi connectivity index (χ1v) is 6.16. The van der Waals surface area contributed by atoms with E-state index in [0.717, 1.165) is 11.1 Å². The summed E-state index contributed by atoms with van der Waals surface area (Å²) in [6.45, 7) is 4.23. The molecule has 19 heavy (non-hydrogen) atoms. The van der Waals surface area contributed by atoms with Crippen molar-refractivity contribution < 1.29 is 5.11 Å². The van der Waals surface area contributed by atoms with Gasteiger partial charge in [-0.25, -0.2) is 4.98 Å². The lowest BCUT2D eigenvalue weighted by Crippen LogP contribution is -2.26. The first-order valence-electron chi connectivity index (χ1n) is 6.16. The van der Waals surface area contributed by atoms with E-state index in [1.165, 1.54) is 0 Å². The maximum atomic E-state index is 12.4. The van der Waals surface area contributed by atoms with Gasteiger partial charge in [0.1, 0.15) is 17.1 Å². The van der Waals surface area contributed by atoms with Crippen LogP contribution in [0.1, 0.15) is 17.0 Å². The van der Waals surface area contributed by atoms with Crippen molar-refractivity contribution in [3.63, 3.8) is 0 Å². The number of benzene rings is 1. The van der Waals surface area contributed by atoms with E-state index in [9.17, 15) is 9.90 Å². The first kappa shape index (κ1) is 13.5. The summed E-state index contributed by atoms with van der Waals surface area (Å²) in [4.78, 5) is 18.8. The first-order chi connectivity index (χ1) is 8.82. The monoisotopic (exact) mass is 261 g/mol. The summed E-state index contributed by atoms with van der Waals surface area (Å²) in [5, 5.41) is 10.6. The highest BCUT2D eigenvalue weighted by atomic mass is 16.3. The number of aryl methyl sites for hydroxylation is 2. The minimum absolute atomic E-state index is 0.0957. The summed E-state index contributed by atoms with van der Waals surface area (Å²) in [6.07, 6.45) is 0. The maximum Gasteiger partial charge on any atom is 0.261 e. The Hall–Kier alpha value is -1.88. The molecule has 5 nitrogen and oxygen atoms in total. The number of fused-ring (bicyclic) bond motifs is 1. The van der Waals surface area contributed by atoms with Crippen LogP contribution in [0.25, 0.3) is 10.9 Å². The molecule has 0 bridgehead atoms. The second kappa shape index (κ2) is 4.66. The quantitative estimate of drug-likeness (QED) is 0.885. The predicted molar refractivity (Wildman–Crippen MR) is 75.5 cm³/mol. The van der Waals surface area contributed by atoms with Crippen LogP contribution in [0.15, 0.2) is 10.9 Å². The fraction of sp³-hybridized carbons (Fsp3) is 0.429. The van der Waals surface area contributed by atoms with Crippen molar-refractivity contribution in [2.24, 2.45) is 7.05 Å². The molecule has 1 aromatic heterocycles. The minimum atomic E-state index is -0.116. The van der Waals surface area contributed by atoms with E-state index in [1.807, 2.05) is 38.9 Å². The standard InChI is InChI=1S/C14H19N3O2/c1-8-6-9(2)13(18)12-11(8)14(19)17(5)10(15-12)7-16(3)4/h6,18H,7H2,1-5H3. The summed E-state index contributed by atoms with van der Waals surface area (Å²) in [5.74, 6) is 0.737. The third-order valence-corrected chi connectivity index (χ3v) is 3.27. The van der Waals surface area contributed by atoms with Gasteiger partial charge in [-0.3, -0.25) is 9.36 Å². The Morgan fingerprint density at radius 1 is 1.32 bits per heavy atom. The molecule has 102 valence electrons. The summed E-state index contributed by atoms with van der Waals surface area (Å²) in [6, 6.07) is 1.81. The Labute approximate surface area is 112 Å². The number of phenols is 1. The molecule has 1 heterocycles. The van der Waals surface area contributed by atoms with E-state index in [2.05, 4.69) is 4.98 Å². The van der Waals surface area contributed by atoms with Crippen LogP contribution < -0.4 is 5.56 Å². The lowest BCUT2D eigenvalue weighted by atomic mass is 10.1. The van der Waals surface area contributed by atoms with Crippen LogP contribution in [0, 0.1) is 13.8 Å². The minimum Gasteiger partial charge on any atom is -0.505 e. The molecule has 0 aliphatic carbocycles. The van der Waals surface area contributed by atoms with Crippen molar-refractivity contribution in [2.75, 3.05) is 14.1 Å². The average Bonchev–Trinajstić information content (AvgIpc) is 2.31. The number of hydrogen-bond acceptors (Lipinski definition) is 4. The molecule has 2 aromatic rings. The van der Waals surface area contributed by atoms with Gasteiger partial charge in [0.15, 0.2) is 0 Å². The summed E-state index contributed by atoms with van der Waals surface area (Å²) < 4.78 is 1.55. The third-order valence-electron chi connectivity index (χ3n) is 3.27. The zero-order valence-electron chi connectivity index (χ0n) is 12.0. The van der Waals surface area contributed by atoms with Gasteiger partial charge < -0.3 is 10.0 Å². The lowest BCUT2D eigenvalue weighted by Gasteiger charge is -2.15. The molecule has 0 unspecified atom stereocenters. The van der Waals surface area contributed by atoms with E-state index in [4.69, 9.17) is 0 Å². The second-order valence-electron chi connectivity index (χ2n) is 5.21. The van der Waals surface area contributed by atoms with Crippen LogP contribution in [-0.2, 0) is 13.6 Å². The van der Waals surface area contributed by atoms with E-state index in [-0.39, 0.29) is 11.3 Å². The van der Waals surface area contributed by atoms with Crippen molar-refractivity contribution in [1.82, 2.24) is 14.5 Å². The molecule has 0 spiro atoms. The van der Waals surface area contributed by atoms with Crippen molar-refractivity contribution in [1.29, 1.82) is 0 Å². The van der Waals surface area contributed by atoms with Crippen LogP contribution in [0.3, 0.4) is 0 Å². The zero-order valence-corrected chi connectivity index (χ0v) is 12.0.